The molecule has 1 amide bonds. The van der Waals surface area contributed by atoms with E-state index in [1.165, 1.54) is 4.88 Å². The van der Waals surface area contributed by atoms with Crippen molar-refractivity contribution in [1.82, 2.24) is 19.9 Å². The van der Waals surface area contributed by atoms with E-state index in [9.17, 15) is 4.79 Å². The Morgan fingerprint density at radius 1 is 1.28 bits per heavy atom. The monoisotopic (exact) mass is 363 g/mol. The quantitative estimate of drug-likeness (QED) is 0.847. The first kappa shape index (κ1) is 18.0. The molecule has 1 N–H and O–H groups in total. The number of rotatable bonds is 6. The first-order valence-corrected chi connectivity index (χ1v) is 9.48. The van der Waals surface area contributed by atoms with Crippen molar-refractivity contribution < 1.29 is 9.32 Å². The van der Waals surface area contributed by atoms with Crippen LogP contribution in [0.15, 0.2) is 10.6 Å². The van der Waals surface area contributed by atoms with Crippen LogP contribution in [-0.4, -0.2) is 58.6 Å². The molecule has 3 heterocycles. The second-order valence-electron chi connectivity index (χ2n) is 6.40. The lowest BCUT2D eigenvalue weighted by atomic mass is 10.2. The van der Waals surface area contributed by atoms with Crippen LogP contribution in [-0.2, 0) is 17.8 Å². The molecule has 7 nitrogen and oxygen atoms in total. The van der Waals surface area contributed by atoms with Crippen LogP contribution in [0.3, 0.4) is 0 Å². The number of nitrogens with one attached hydrogen (secondary N) is 1. The summed E-state index contributed by atoms with van der Waals surface area (Å²) in [5.41, 5.74) is 2.03. The van der Waals surface area contributed by atoms with Crippen molar-refractivity contribution in [3.8, 4) is 0 Å². The summed E-state index contributed by atoms with van der Waals surface area (Å²) in [6, 6.07) is 1.97. The minimum absolute atomic E-state index is 0.0111. The Hall–Kier alpha value is -1.77. The van der Waals surface area contributed by atoms with Crippen LogP contribution < -0.4 is 5.32 Å². The number of anilines is 1. The van der Waals surface area contributed by atoms with E-state index in [4.69, 9.17) is 4.52 Å². The first-order chi connectivity index (χ1) is 12.0. The van der Waals surface area contributed by atoms with Gasteiger partial charge in [-0.25, -0.2) is 4.98 Å². The van der Waals surface area contributed by atoms with Gasteiger partial charge >= 0.3 is 0 Å². The molecule has 0 spiro atoms. The van der Waals surface area contributed by atoms with Crippen LogP contribution in [0.1, 0.15) is 28.9 Å². The van der Waals surface area contributed by atoms with E-state index in [1.54, 1.807) is 11.3 Å². The van der Waals surface area contributed by atoms with Gasteiger partial charge in [0.15, 0.2) is 5.13 Å². The van der Waals surface area contributed by atoms with Crippen molar-refractivity contribution in [2.45, 2.75) is 33.7 Å². The summed E-state index contributed by atoms with van der Waals surface area (Å²) in [5, 5.41) is 7.68. The fraction of sp³-hybridized carbons (Fsp3) is 0.588. The molecular weight excluding hydrogens is 338 g/mol. The maximum absolute atomic E-state index is 12.2. The molecule has 2 aromatic rings. The minimum Gasteiger partial charge on any atom is -0.361 e. The number of thiazole rings is 1. The van der Waals surface area contributed by atoms with Gasteiger partial charge in [-0.2, -0.15) is 0 Å². The molecule has 0 unspecified atom stereocenters. The molecule has 0 saturated carbocycles. The highest BCUT2D eigenvalue weighted by atomic mass is 32.1. The van der Waals surface area contributed by atoms with Crippen LogP contribution >= 0.6 is 11.3 Å². The van der Waals surface area contributed by atoms with Gasteiger partial charge in [0.05, 0.1) is 17.9 Å². The second kappa shape index (κ2) is 8.07. The molecule has 0 atom stereocenters. The van der Waals surface area contributed by atoms with Crippen LogP contribution in [0, 0.1) is 13.8 Å². The number of carbonyl (C=O) groups is 1. The van der Waals surface area contributed by atoms with Crippen LogP contribution in [0.25, 0.3) is 0 Å². The van der Waals surface area contributed by atoms with Gasteiger partial charge in [-0.15, -0.1) is 11.3 Å². The zero-order chi connectivity index (χ0) is 17.8. The fourth-order valence-corrected chi connectivity index (χ4v) is 3.92. The van der Waals surface area contributed by atoms with E-state index in [-0.39, 0.29) is 5.91 Å². The summed E-state index contributed by atoms with van der Waals surface area (Å²) in [6.45, 7) is 10.8. The van der Waals surface area contributed by atoms with Gasteiger partial charge in [0.1, 0.15) is 5.76 Å². The standard InChI is InChI=1S/C17H25N5O2S/c1-4-15-13(3)25-17(18-15)19-16(23)11-22-7-5-21(6-8-22)10-14-9-12(2)24-20-14/h9H,4-8,10-11H2,1-3H3,(H,18,19,23). The smallest absolute Gasteiger partial charge is 0.240 e. The predicted octanol–water partition coefficient (Wildman–Crippen LogP) is 2.07. The molecule has 1 aliphatic rings. The molecule has 1 fully saturated rings. The molecule has 0 aliphatic carbocycles. The highest BCUT2D eigenvalue weighted by Crippen LogP contribution is 2.22. The SMILES string of the molecule is CCc1nc(NC(=O)CN2CCN(Cc3cc(C)on3)CC2)sc1C. The fourth-order valence-electron chi connectivity index (χ4n) is 3.00. The van der Waals surface area contributed by atoms with Gasteiger partial charge in [0.25, 0.3) is 0 Å². The molecule has 3 rings (SSSR count). The van der Waals surface area contributed by atoms with Crippen LogP contribution in [0.5, 0.6) is 0 Å². The normalized spacial score (nSPS) is 16.3. The highest BCUT2D eigenvalue weighted by molar-refractivity contribution is 7.15. The summed E-state index contributed by atoms with van der Waals surface area (Å²) in [5.74, 6) is 0.853. The van der Waals surface area contributed by atoms with Gasteiger partial charge in [0, 0.05) is 43.7 Å². The van der Waals surface area contributed by atoms with Crippen molar-refractivity contribution in [3.05, 3.63) is 28.1 Å². The second-order valence-corrected chi connectivity index (χ2v) is 7.61. The molecular formula is C17H25N5O2S. The van der Waals surface area contributed by atoms with Crippen molar-refractivity contribution in [1.29, 1.82) is 0 Å². The Labute approximate surface area is 152 Å². The van der Waals surface area contributed by atoms with Crippen molar-refractivity contribution in [2.24, 2.45) is 0 Å². The summed E-state index contributed by atoms with van der Waals surface area (Å²) in [6.07, 6.45) is 0.894. The largest absolute Gasteiger partial charge is 0.361 e. The molecule has 8 heteroatoms. The molecule has 0 aromatic carbocycles. The van der Waals surface area contributed by atoms with E-state index in [2.05, 4.69) is 32.2 Å². The maximum Gasteiger partial charge on any atom is 0.240 e. The number of carbonyl (C=O) groups excluding carboxylic acids is 1. The number of piperazine rings is 1. The third-order valence-electron chi connectivity index (χ3n) is 4.37. The zero-order valence-electron chi connectivity index (χ0n) is 15.0. The number of nitrogens with zero attached hydrogens (tertiary/aromatic N) is 4. The highest BCUT2D eigenvalue weighted by Gasteiger charge is 2.20. The molecule has 1 saturated heterocycles. The van der Waals surface area contributed by atoms with Crippen molar-refractivity contribution in [3.63, 3.8) is 0 Å². The van der Waals surface area contributed by atoms with Crippen molar-refractivity contribution in [2.75, 3.05) is 38.0 Å². The van der Waals surface area contributed by atoms with Gasteiger partial charge in [0.2, 0.25) is 5.91 Å². The lowest BCUT2D eigenvalue weighted by molar-refractivity contribution is -0.117. The number of aryl methyl sites for hydroxylation is 3. The van der Waals surface area contributed by atoms with E-state index >= 15 is 0 Å². The van der Waals surface area contributed by atoms with Crippen LogP contribution in [0.2, 0.25) is 0 Å². The van der Waals surface area contributed by atoms with Crippen molar-refractivity contribution >= 4 is 22.4 Å². The first-order valence-electron chi connectivity index (χ1n) is 8.66. The minimum atomic E-state index is 0.0111. The Balaban J connectivity index is 1.42. The van der Waals surface area contributed by atoms with Gasteiger partial charge < -0.3 is 9.84 Å². The van der Waals surface area contributed by atoms with E-state index in [0.29, 0.717) is 11.7 Å². The Morgan fingerprint density at radius 2 is 2.00 bits per heavy atom. The van der Waals surface area contributed by atoms with Gasteiger partial charge in [-0.3, -0.25) is 14.6 Å². The number of aromatic nitrogens is 2. The van der Waals surface area contributed by atoms with E-state index in [0.717, 1.165) is 56.3 Å². The topological polar surface area (TPSA) is 74.5 Å². The zero-order valence-corrected chi connectivity index (χ0v) is 15.9. The Morgan fingerprint density at radius 3 is 2.60 bits per heavy atom. The van der Waals surface area contributed by atoms with E-state index < -0.39 is 0 Å². The average molecular weight is 363 g/mol. The van der Waals surface area contributed by atoms with E-state index in [1.807, 2.05) is 19.9 Å². The molecule has 25 heavy (non-hydrogen) atoms. The predicted molar refractivity (Wildman–Crippen MR) is 97.8 cm³/mol. The summed E-state index contributed by atoms with van der Waals surface area (Å²) in [7, 11) is 0. The lowest BCUT2D eigenvalue weighted by Crippen LogP contribution is -2.48. The summed E-state index contributed by atoms with van der Waals surface area (Å²) >= 11 is 1.55. The Bertz CT molecular complexity index is 718. The third-order valence-corrected chi connectivity index (χ3v) is 5.30. The number of amides is 1. The maximum atomic E-state index is 12.2. The average Bonchev–Trinajstić information content (AvgIpc) is 3.14. The summed E-state index contributed by atoms with van der Waals surface area (Å²) < 4.78 is 5.11. The molecule has 2 aromatic heterocycles. The number of hydrogen-bond acceptors (Lipinski definition) is 7. The van der Waals surface area contributed by atoms with Gasteiger partial charge in [-0.05, 0) is 20.3 Å². The molecule has 0 radical (unpaired) electrons. The number of hydrogen-bond donors (Lipinski definition) is 1. The third kappa shape index (κ3) is 4.87. The molecule has 136 valence electrons. The van der Waals surface area contributed by atoms with Gasteiger partial charge in [-0.1, -0.05) is 12.1 Å². The molecule has 1 aliphatic heterocycles. The molecule has 0 bridgehead atoms. The van der Waals surface area contributed by atoms with Crippen LogP contribution in [0.4, 0.5) is 5.13 Å². The Kier molecular flexibility index (Phi) is 5.82. The lowest BCUT2D eigenvalue weighted by Gasteiger charge is -2.33. The summed E-state index contributed by atoms with van der Waals surface area (Å²) in [4.78, 5) is 22.4.